The number of carboxylic acid groups (broad SMARTS) is 1. The number of hydrogen-bond acceptors (Lipinski definition) is 8. The Morgan fingerprint density at radius 3 is 2.62 bits per heavy atom. The fourth-order valence-corrected chi connectivity index (χ4v) is 3.11. The molecule has 8 heteroatoms. The minimum Gasteiger partial charge on any atom is -0.544 e. The Balaban J connectivity index is 1.78. The van der Waals surface area contributed by atoms with Crippen molar-refractivity contribution in [2.75, 3.05) is 7.11 Å². The quantitative estimate of drug-likeness (QED) is 0.391. The summed E-state index contributed by atoms with van der Waals surface area (Å²) in [5.41, 5.74) is 1.64. The largest absolute Gasteiger partial charge is 0.544 e. The number of rotatable bonds is 9. The lowest BCUT2D eigenvalue weighted by atomic mass is 10.2. The zero-order valence-corrected chi connectivity index (χ0v) is 16.8. The Kier molecular flexibility index (Phi) is 6.91. The highest BCUT2D eigenvalue weighted by Gasteiger charge is 2.11. The molecule has 0 saturated carbocycles. The summed E-state index contributed by atoms with van der Waals surface area (Å²) in [6, 6.07) is 14.9. The van der Waals surface area contributed by atoms with Crippen molar-refractivity contribution in [3.8, 4) is 11.5 Å². The maximum absolute atomic E-state index is 11.5. The fraction of sp³-hybridized carbons (Fsp3) is 0.190. The predicted octanol–water partition coefficient (Wildman–Crippen LogP) is 3.10. The molecule has 7 nitrogen and oxygen atoms in total. The maximum Gasteiger partial charge on any atom is 0.281 e. The molecule has 2 aromatic carbocycles. The van der Waals surface area contributed by atoms with E-state index in [1.807, 2.05) is 37.3 Å². The van der Waals surface area contributed by atoms with Gasteiger partial charge in [-0.25, -0.2) is 0 Å². The van der Waals surface area contributed by atoms with Crippen molar-refractivity contribution < 1.29 is 23.8 Å². The van der Waals surface area contributed by atoms with Gasteiger partial charge in [0.25, 0.3) is 5.22 Å². The summed E-state index contributed by atoms with van der Waals surface area (Å²) in [7, 11) is 1.53. The zero-order chi connectivity index (χ0) is 20.6. The van der Waals surface area contributed by atoms with Gasteiger partial charge in [0, 0.05) is 11.3 Å². The van der Waals surface area contributed by atoms with Gasteiger partial charge in [0.1, 0.15) is 6.61 Å². The molecule has 0 bridgehead atoms. The van der Waals surface area contributed by atoms with Crippen molar-refractivity contribution in [2.24, 2.45) is 0 Å². The van der Waals surface area contributed by atoms with E-state index in [0.29, 0.717) is 36.0 Å². The van der Waals surface area contributed by atoms with Crippen molar-refractivity contribution in [2.45, 2.75) is 25.2 Å². The molecule has 0 aliphatic rings. The molecular formula is C21H19N2O5S-. The fourth-order valence-electron chi connectivity index (χ4n) is 2.43. The smallest absolute Gasteiger partial charge is 0.281 e. The van der Waals surface area contributed by atoms with Gasteiger partial charge in [-0.05, 0) is 41.1 Å². The number of carbonyl (C=O) groups excluding carboxylic acids is 1. The molecule has 150 valence electrons. The molecule has 1 heterocycles. The number of thioether (sulfide) groups is 1. The number of aromatic nitrogens is 2. The Hall–Kier alpha value is -3.26. The number of nitrogens with zero attached hydrogens (tertiary/aromatic N) is 2. The monoisotopic (exact) mass is 411 g/mol. The third kappa shape index (κ3) is 5.61. The SMILES string of the molecule is CCc1nnc(S/C(=C\c2ccc(OCc3ccccc3)c(OC)c2)C(=O)[O-])o1. The molecule has 29 heavy (non-hydrogen) atoms. The van der Waals surface area contributed by atoms with E-state index in [2.05, 4.69) is 10.2 Å². The Morgan fingerprint density at radius 1 is 1.17 bits per heavy atom. The molecule has 0 radical (unpaired) electrons. The molecule has 0 saturated heterocycles. The number of carboxylic acids is 1. The molecule has 1 aromatic heterocycles. The molecule has 0 amide bonds. The Morgan fingerprint density at radius 2 is 1.97 bits per heavy atom. The summed E-state index contributed by atoms with van der Waals surface area (Å²) in [5.74, 6) is 0.144. The van der Waals surface area contributed by atoms with E-state index < -0.39 is 5.97 Å². The van der Waals surface area contributed by atoms with E-state index in [0.717, 1.165) is 17.3 Å². The van der Waals surface area contributed by atoms with Crippen LogP contribution in [0.1, 0.15) is 23.9 Å². The van der Waals surface area contributed by atoms with Gasteiger partial charge < -0.3 is 23.8 Å². The topological polar surface area (TPSA) is 97.5 Å². The lowest BCUT2D eigenvalue weighted by Gasteiger charge is -2.12. The predicted molar refractivity (Wildman–Crippen MR) is 106 cm³/mol. The first-order valence-corrected chi connectivity index (χ1v) is 9.68. The minimum absolute atomic E-state index is 0.0590. The zero-order valence-electron chi connectivity index (χ0n) is 16.0. The van der Waals surface area contributed by atoms with Crippen LogP contribution in [0.3, 0.4) is 0 Å². The van der Waals surface area contributed by atoms with Gasteiger partial charge in [-0.15, -0.1) is 10.2 Å². The van der Waals surface area contributed by atoms with Crippen LogP contribution in [0.2, 0.25) is 0 Å². The van der Waals surface area contributed by atoms with Crippen LogP contribution in [0.25, 0.3) is 6.08 Å². The van der Waals surface area contributed by atoms with Crippen molar-refractivity contribution in [3.05, 3.63) is 70.5 Å². The third-order valence-corrected chi connectivity index (χ3v) is 4.72. The second-order valence-electron chi connectivity index (χ2n) is 5.90. The number of methoxy groups -OCH3 is 1. The molecule has 3 rings (SSSR count). The van der Waals surface area contributed by atoms with E-state index in [-0.39, 0.29) is 10.1 Å². The van der Waals surface area contributed by atoms with Crippen molar-refractivity contribution in [3.63, 3.8) is 0 Å². The summed E-state index contributed by atoms with van der Waals surface area (Å²) in [6.07, 6.45) is 2.03. The molecule has 0 fully saturated rings. The normalized spacial score (nSPS) is 11.3. The number of aliphatic carboxylic acids is 1. The third-order valence-electron chi connectivity index (χ3n) is 3.87. The second-order valence-corrected chi connectivity index (χ2v) is 6.89. The highest BCUT2D eigenvalue weighted by molar-refractivity contribution is 8.03. The Bertz CT molecular complexity index is 1000. The van der Waals surface area contributed by atoms with Gasteiger partial charge in [-0.3, -0.25) is 0 Å². The summed E-state index contributed by atoms with van der Waals surface area (Å²) in [5, 5.41) is 19.3. The van der Waals surface area contributed by atoms with Gasteiger partial charge >= 0.3 is 0 Å². The molecule has 0 aliphatic carbocycles. The summed E-state index contributed by atoms with van der Waals surface area (Å²) < 4.78 is 16.6. The van der Waals surface area contributed by atoms with Gasteiger partial charge in [-0.1, -0.05) is 43.3 Å². The van der Waals surface area contributed by atoms with Crippen LogP contribution in [0.4, 0.5) is 0 Å². The first kappa shape index (κ1) is 20.5. The molecule has 0 unspecified atom stereocenters. The van der Waals surface area contributed by atoms with E-state index in [1.54, 1.807) is 18.2 Å². The van der Waals surface area contributed by atoms with E-state index in [4.69, 9.17) is 13.9 Å². The number of carbonyl (C=O) groups is 1. The van der Waals surface area contributed by atoms with Crippen LogP contribution in [-0.2, 0) is 17.8 Å². The summed E-state index contributed by atoms with van der Waals surface area (Å²) in [6.45, 7) is 2.26. The maximum atomic E-state index is 11.5. The number of hydrogen-bond donors (Lipinski definition) is 0. The number of ether oxygens (including phenoxy) is 2. The first-order valence-electron chi connectivity index (χ1n) is 8.87. The second kappa shape index (κ2) is 9.79. The van der Waals surface area contributed by atoms with Crippen LogP contribution in [0.5, 0.6) is 11.5 Å². The van der Waals surface area contributed by atoms with E-state index >= 15 is 0 Å². The van der Waals surface area contributed by atoms with Crippen LogP contribution in [-0.4, -0.2) is 23.3 Å². The van der Waals surface area contributed by atoms with Crippen LogP contribution < -0.4 is 14.6 Å². The van der Waals surface area contributed by atoms with Crippen LogP contribution in [0.15, 0.2) is 63.1 Å². The van der Waals surface area contributed by atoms with E-state index in [9.17, 15) is 9.90 Å². The minimum atomic E-state index is -1.34. The van der Waals surface area contributed by atoms with Crippen molar-refractivity contribution in [1.82, 2.24) is 10.2 Å². The molecule has 0 atom stereocenters. The number of aryl methyl sites for hydroxylation is 1. The molecule has 3 aromatic rings. The summed E-state index contributed by atoms with van der Waals surface area (Å²) in [4.78, 5) is 11.5. The number of benzene rings is 2. The van der Waals surface area contributed by atoms with Gasteiger partial charge in [0.05, 0.1) is 13.1 Å². The highest BCUT2D eigenvalue weighted by atomic mass is 32.2. The standard InChI is InChI=1S/C21H20N2O5S/c1-3-19-22-23-21(28-19)29-18(20(24)25)12-15-9-10-16(17(11-15)26-2)27-13-14-7-5-4-6-8-14/h4-12H,3,13H2,1-2H3,(H,24,25)/p-1/b18-12-. The highest BCUT2D eigenvalue weighted by Crippen LogP contribution is 2.32. The average molecular weight is 411 g/mol. The van der Waals surface area contributed by atoms with Crippen LogP contribution in [0, 0.1) is 0 Å². The molecule has 0 spiro atoms. The van der Waals surface area contributed by atoms with Crippen molar-refractivity contribution >= 4 is 23.8 Å². The molecular weight excluding hydrogens is 392 g/mol. The average Bonchev–Trinajstić information content (AvgIpc) is 3.20. The lowest BCUT2D eigenvalue weighted by molar-refractivity contribution is -0.298. The Labute approximate surface area is 172 Å². The lowest BCUT2D eigenvalue weighted by Crippen LogP contribution is -2.23. The molecule has 0 aliphatic heterocycles. The van der Waals surface area contributed by atoms with Crippen molar-refractivity contribution in [1.29, 1.82) is 0 Å². The first-order chi connectivity index (χ1) is 14.1. The van der Waals surface area contributed by atoms with Gasteiger partial charge in [-0.2, -0.15) is 0 Å². The van der Waals surface area contributed by atoms with Gasteiger partial charge in [0.15, 0.2) is 11.5 Å². The van der Waals surface area contributed by atoms with E-state index in [1.165, 1.54) is 13.2 Å². The molecule has 0 N–H and O–H groups in total. The summed E-state index contributed by atoms with van der Waals surface area (Å²) >= 11 is 0.840. The van der Waals surface area contributed by atoms with Gasteiger partial charge in [0.2, 0.25) is 5.89 Å². The van der Waals surface area contributed by atoms with Crippen LogP contribution >= 0.6 is 11.8 Å².